The van der Waals surface area contributed by atoms with Crippen LogP contribution in [0.2, 0.25) is 0 Å². The van der Waals surface area contributed by atoms with Crippen LogP contribution >= 0.6 is 0 Å². The van der Waals surface area contributed by atoms with Gasteiger partial charge in [0.25, 0.3) is 0 Å². The Bertz CT molecular complexity index is 547. The summed E-state index contributed by atoms with van der Waals surface area (Å²) in [7, 11) is 0. The number of rotatable bonds is 8. The van der Waals surface area contributed by atoms with E-state index in [2.05, 4.69) is 32.9 Å². The van der Waals surface area contributed by atoms with Gasteiger partial charge in [-0.15, -0.1) is 0 Å². The van der Waals surface area contributed by atoms with E-state index in [1.165, 1.54) is 11.1 Å². The van der Waals surface area contributed by atoms with E-state index in [1.807, 2.05) is 6.07 Å². The zero-order chi connectivity index (χ0) is 16.7. The molecule has 1 aliphatic heterocycles. The molecule has 2 heterocycles. The predicted octanol–water partition coefficient (Wildman–Crippen LogP) is 5.23. The molecule has 0 saturated heterocycles. The molecule has 3 nitrogen and oxygen atoms in total. The van der Waals surface area contributed by atoms with E-state index in [9.17, 15) is 4.79 Å². The Kier molecular flexibility index (Phi) is 6.69. The van der Waals surface area contributed by atoms with Crippen LogP contribution in [0.1, 0.15) is 58.4 Å². The smallest absolute Gasteiger partial charge is 0.333 e. The SMILES string of the molecule is CC(C)=CCCC1=CC[C@H]([C@@H](C)CCCc2ccoc2)OC1=O. The second-order valence-electron chi connectivity index (χ2n) is 6.73. The van der Waals surface area contributed by atoms with E-state index in [4.69, 9.17) is 9.15 Å². The van der Waals surface area contributed by atoms with Crippen LogP contribution < -0.4 is 0 Å². The van der Waals surface area contributed by atoms with Crippen LogP contribution in [0.4, 0.5) is 0 Å². The molecule has 126 valence electrons. The number of hydrogen-bond acceptors (Lipinski definition) is 3. The predicted molar refractivity (Wildman–Crippen MR) is 92.1 cm³/mol. The molecule has 0 aliphatic carbocycles. The third kappa shape index (κ3) is 5.74. The van der Waals surface area contributed by atoms with Crippen molar-refractivity contribution in [3.05, 3.63) is 47.5 Å². The van der Waals surface area contributed by atoms with Gasteiger partial charge in [0.1, 0.15) is 6.10 Å². The fourth-order valence-corrected chi connectivity index (χ4v) is 2.92. The first kappa shape index (κ1) is 17.6. The van der Waals surface area contributed by atoms with E-state index in [0.29, 0.717) is 5.92 Å². The molecule has 1 aromatic rings. The monoisotopic (exact) mass is 316 g/mol. The molecule has 0 N–H and O–H groups in total. The molecule has 0 unspecified atom stereocenters. The van der Waals surface area contributed by atoms with Crippen LogP contribution in [0.25, 0.3) is 0 Å². The second kappa shape index (κ2) is 8.76. The van der Waals surface area contributed by atoms with Crippen molar-refractivity contribution in [2.45, 2.75) is 65.4 Å². The van der Waals surface area contributed by atoms with Crippen LogP contribution in [-0.2, 0) is 16.0 Å². The van der Waals surface area contributed by atoms with Gasteiger partial charge in [0.15, 0.2) is 0 Å². The number of furan rings is 1. The molecule has 0 aromatic carbocycles. The van der Waals surface area contributed by atoms with Gasteiger partial charge < -0.3 is 9.15 Å². The van der Waals surface area contributed by atoms with Gasteiger partial charge in [-0.3, -0.25) is 0 Å². The van der Waals surface area contributed by atoms with E-state index in [-0.39, 0.29) is 12.1 Å². The molecule has 1 aromatic heterocycles. The average molecular weight is 316 g/mol. The van der Waals surface area contributed by atoms with Gasteiger partial charge in [-0.2, -0.15) is 0 Å². The fraction of sp³-hybridized carbons (Fsp3) is 0.550. The normalized spacial score (nSPS) is 19.0. The maximum Gasteiger partial charge on any atom is 0.333 e. The third-order valence-corrected chi connectivity index (χ3v) is 4.42. The molecule has 2 rings (SSSR count). The largest absolute Gasteiger partial charge is 0.472 e. The molecule has 2 atom stereocenters. The molecule has 0 spiro atoms. The van der Waals surface area contributed by atoms with Crippen LogP contribution in [0, 0.1) is 5.92 Å². The summed E-state index contributed by atoms with van der Waals surface area (Å²) in [4.78, 5) is 12.1. The van der Waals surface area contributed by atoms with Gasteiger partial charge >= 0.3 is 5.97 Å². The van der Waals surface area contributed by atoms with E-state index < -0.39 is 0 Å². The fourth-order valence-electron chi connectivity index (χ4n) is 2.92. The number of aryl methyl sites for hydroxylation is 1. The van der Waals surface area contributed by atoms with Crippen molar-refractivity contribution in [3.8, 4) is 0 Å². The van der Waals surface area contributed by atoms with Gasteiger partial charge in [0, 0.05) is 12.0 Å². The van der Waals surface area contributed by atoms with Crippen molar-refractivity contribution >= 4 is 5.97 Å². The van der Waals surface area contributed by atoms with E-state index >= 15 is 0 Å². The van der Waals surface area contributed by atoms with Crippen LogP contribution in [0.5, 0.6) is 0 Å². The number of cyclic esters (lactones) is 1. The summed E-state index contributed by atoms with van der Waals surface area (Å²) in [5.41, 5.74) is 3.36. The van der Waals surface area contributed by atoms with Crippen molar-refractivity contribution in [2.75, 3.05) is 0 Å². The van der Waals surface area contributed by atoms with Gasteiger partial charge in [-0.25, -0.2) is 4.79 Å². The highest BCUT2D eigenvalue weighted by atomic mass is 16.5. The highest BCUT2D eigenvalue weighted by Crippen LogP contribution is 2.26. The van der Waals surface area contributed by atoms with Gasteiger partial charge in [0.2, 0.25) is 0 Å². The lowest BCUT2D eigenvalue weighted by Crippen LogP contribution is -2.29. The summed E-state index contributed by atoms with van der Waals surface area (Å²) in [6.07, 6.45) is 13.5. The van der Waals surface area contributed by atoms with E-state index in [1.54, 1.807) is 12.5 Å². The lowest BCUT2D eigenvalue weighted by Gasteiger charge is -2.27. The molecule has 0 radical (unpaired) electrons. The summed E-state index contributed by atoms with van der Waals surface area (Å²) >= 11 is 0. The highest BCUT2D eigenvalue weighted by Gasteiger charge is 2.26. The van der Waals surface area contributed by atoms with Crippen molar-refractivity contribution < 1.29 is 13.9 Å². The number of carbonyl (C=O) groups is 1. The molecule has 3 heteroatoms. The highest BCUT2D eigenvalue weighted by molar-refractivity contribution is 5.89. The van der Waals surface area contributed by atoms with Crippen molar-refractivity contribution in [1.29, 1.82) is 0 Å². The second-order valence-corrected chi connectivity index (χ2v) is 6.73. The molecule has 0 bridgehead atoms. The van der Waals surface area contributed by atoms with E-state index in [0.717, 1.165) is 44.1 Å². The summed E-state index contributed by atoms with van der Waals surface area (Å²) in [6, 6.07) is 2.01. The molecule has 1 aliphatic rings. The van der Waals surface area contributed by atoms with Gasteiger partial charge in [-0.1, -0.05) is 24.6 Å². The lowest BCUT2D eigenvalue weighted by atomic mass is 9.92. The first-order valence-corrected chi connectivity index (χ1v) is 8.60. The average Bonchev–Trinajstić information content (AvgIpc) is 3.01. The Morgan fingerprint density at radius 3 is 2.87 bits per heavy atom. The van der Waals surface area contributed by atoms with Crippen molar-refractivity contribution in [2.24, 2.45) is 5.92 Å². The topological polar surface area (TPSA) is 39.4 Å². The van der Waals surface area contributed by atoms with Gasteiger partial charge in [-0.05, 0) is 63.5 Å². The zero-order valence-electron chi connectivity index (χ0n) is 14.5. The lowest BCUT2D eigenvalue weighted by molar-refractivity contribution is -0.148. The molecule has 23 heavy (non-hydrogen) atoms. The van der Waals surface area contributed by atoms with Crippen molar-refractivity contribution in [1.82, 2.24) is 0 Å². The Balaban J connectivity index is 1.75. The first-order valence-electron chi connectivity index (χ1n) is 8.60. The Labute approximate surface area is 139 Å². The molecule has 0 fully saturated rings. The number of esters is 1. The van der Waals surface area contributed by atoms with Gasteiger partial charge in [0.05, 0.1) is 12.5 Å². The number of ether oxygens (including phenoxy) is 1. The molecule has 0 saturated carbocycles. The maximum atomic E-state index is 12.1. The molecule has 0 amide bonds. The van der Waals surface area contributed by atoms with Crippen LogP contribution in [0.3, 0.4) is 0 Å². The number of hydrogen-bond donors (Lipinski definition) is 0. The number of carbonyl (C=O) groups excluding carboxylic acids is 1. The minimum atomic E-state index is -0.120. The maximum absolute atomic E-state index is 12.1. The quantitative estimate of drug-likeness (QED) is 0.487. The van der Waals surface area contributed by atoms with Crippen molar-refractivity contribution in [3.63, 3.8) is 0 Å². The molecular weight excluding hydrogens is 288 g/mol. The van der Waals surface area contributed by atoms with Crippen LogP contribution in [0.15, 0.2) is 46.3 Å². The standard InChI is InChI=1S/C20H28O3/c1-15(2)6-4-9-18-10-11-19(23-20(18)21)16(3)7-5-8-17-12-13-22-14-17/h6,10,12-14,16,19H,4-5,7-9,11H2,1-3H3/t16-,19+/m0/s1. The number of allylic oxidation sites excluding steroid dienone is 2. The minimum absolute atomic E-state index is 0.0269. The van der Waals surface area contributed by atoms with Crippen LogP contribution in [-0.4, -0.2) is 12.1 Å². The Morgan fingerprint density at radius 1 is 1.39 bits per heavy atom. The summed E-state index contributed by atoms with van der Waals surface area (Å²) in [5, 5.41) is 0. The zero-order valence-corrected chi connectivity index (χ0v) is 14.5. The summed E-state index contributed by atoms with van der Waals surface area (Å²) in [5.74, 6) is 0.270. The first-order chi connectivity index (χ1) is 11.1. The minimum Gasteiger partial charge on any atom is -0.472 e. The molecular formula is C20H28O3. The third-order valence-electron chi connectivity index (χ3n) is 4.42. The summed E-state index contributed by atoms with van der Waals surface area (Å²) < 4.78 is 10.7. The Hall–Kier alpha value is -1.77. The summed E-state index contributed by atoms with van der Waals surface area (Å²) in [6.45, 7) is 6.33. The Morgan fingerprint density at radius 2 is 2.22 bits per heavy atom.